The maximum atomic E-state index is 12.8. The van der Waals surface area contributed by atoms with Crippen molar-refractivity contribution in [3.05, 3.63) is 58.6 Å². The molecule has 21 heavy (non-hydrogen) atoms. The second-order valence-corrected chi connectivity index (χ2v) is 5.14. The van der Waals surface area contributed by atoms with Crippen molar-refractivity contribution in [1.29, 1.82) is 0 Å². The number of para-hydroxylation sites is 1. The molecule has 2 aromatic heterocycles. The van der Waals surface area contributed by atoms with Gasteiger partial charge in [0.25, 0.3) is 5.56 Å². The third-order valence-corrected chi connectivity index (χ3v) is 3.67. The highest BCUT2D eigenvalue weighted by atomic mass is 16.5. The standard InChI is InChI=1S/C16H13N3O2/c1-10-9-12-14(21-10)13-15(18-8-7-17-13)19(16(12)20)11-5-3-2-4-6-11/h2-8,10H,9H2,1H3. The average Bonchev–Trinajstić information content (AvgIpc) is 2.91. The summed E-state index contributed by atoms with van der Waals surface area (Å²) in [6, 6.07) is 9.50. The van der Waals surface area contributed by atoms with E-state index in [4.69, 9.17) is 4.74 Å². The molecule has 0 saturated carbocycles. The molecule has 1 unspecified atom stereocenters. The number of pyridine rings is 1. The summed E-state index contributed by atoms with van der Waals surface area (Å²) in [5, 5.41) is 0. The molecule has 1 atom stereocenters. The normalized spacial score (nSPS) is 16.7. The van der Waals surface area contributed by atoms with Gasteiger partial charge in [-0.3, -0.25) is 9.36 Å². The van der Waals surface area contributed by atoms with Crippen LogP contribution in [0.3, 0.4) is 0 Å². The van der Waals surface area contributed by atoms with Gasteiger partial charge < -0.3 is 4.74 Å². The molecule has 5 heteroatoms. The van der Waals surface area contributed by atoms with Crippen molar-refractivity contribution in [3.8, 4) is 11.4 Å². The third kappa shape index (κ3) is 1.74. The average molecular weight is 279 g/mol. The Morgan fingerprint density at radius 3 is 2.76 bits per heavy atom. The molecule has 0 N–H and O–H groups in total. The summed E-state index contributed by atoms with van der Waals surface area (Å²) in [4.78, 5) is 21.5. The quantitative estimate of drug-likeness (QED) is 0.684. The first-order valence-corrected chi connectivity index (χ1v) is 6.86. The van der Waals surface area contributed by atoms with Crippen LogP contribution in [0.1, 0.15) is 12.5 Å². The Kier molecular flexibility index (Phi) is 2.54. The van der Waals surface area contributed by atoms with E-state index in [0.717, 1.165) is 5.69 Å². The monoisotopic (exact) mass is 279 g/mol. The van der Waals surface area contributed by atoms with Crippen LogP contribution in [0.2, 0.25) is 0 Å². The third-order valence-electron chi connectivity index (χ3n) is 3.67. The second-order valence-electron chi connectivity index (χ2n) is 5.14. The lowest BCUT2D eigenvalue weighted by atomic mass is 10.1. The van der Waals surface area contributed by atoms with Gasteiger partial charge in [-0.1, -0.05) is 18.2 Å². The Bertz CT molecular complexity index is 887. The zero-order valence-corrected chi connectivity index (χ0v) is 11.5. The van der Waals surface area contributed by atoms with Crippen molar-refractivity contribution < 1.29 is 4.74 Å². The van der Waals surface area contributed by atoms with Crippen LogP contribution in [0.4, 0.5) is 0 Å². The van der Waals surface area contributed by atoms with E-state index in [9.17, 15) is 4.79 Å². The topological polar surface area (TPSA) is 57.0 Å². The highest BCUT2D eigenvalue weighted by Gasteiger charge is 2.28. The van der Waals surface area contributed by atoms with Crippen molar-refractivity contribution >= 4 is 11.2 Å². The molecule has 1 aromatic carbocycles. The van der Waals surface area contributed by atoms with E-state index in [1.807, 2.05) is 37.3 Å². The molecule has 104 valence electrons. The fraction of sp³-hybridized carbons (Fsp3) is 0.188. The number of fused-ring (bicyclic) bond motifs is 3. The summed E-state index contributed by atoms with van der Waals surface area (Å²) in [6.07, 6.45) is 3.80. The molecule has 0 saturated heterocycles. The van der Waals surface area contributed by atoms with E-state index in [-0.39, 0.29) is 11.7 Å². The zero-order valence-electron chi connectivity index (χ0n) is 11.5. The number of benzene rings is 1. The van der Waals surface area contributed by atoms with Crippen molar-refractivity contribution in [1.82, 2.24) is 14.5 Å². The van der Waals surface area contributed by atoms with Gasteiger partial charge in [0, 0.05) is 18.8 Å². The molecule has 0 spiro atoms. The van der Waals surface area contributed by atoms with Crippen molar-refractivity contribution in [2.45, 2.75) is 19.4 Å². The Balaban J connectivity index is 2.15. The highest BCUT2D eigenvalue weighted by molar-refractivity contribution is 5.81. The van der Waals surface area contributed by atoms with Crippen LogP contribution in [-0.4, -0.2) is 20.6 Å². The van der Waals surface area contributed by atoms with Crippen LogP contribution < -0.4 is 10.3 Å². The Morgan fingerprint density at radius 1 is 1.19 bits per heavy atom. The van der Waals surface area contributed by atoms with Crippen LogP contribution in [0, 0.1) is 0 Å². The van der Waals surface area contributed by atoms with E-state index in [2.05, 4.69) is 9.97 Å². The molecule has 1 aliphatic heterocycles. The van der Waals surface area contributed by atoms with Crippen LogP contribution in [0.15, 0.2) is 47.5 Å². The first kappa shape index (κ1) is 12.1. The molecule has 5 nitrogen and oxygen atoms in total. The molecule has 0 aliphatic carbocycles. The van der Waals surface area contributed by atoms with Gasteiger partial charge in [-0.2, -0.15) is 0 Å². The lowest BCUT2D eigenvalue weighted by Crippen LogP contribution is -2.23. The Morgan fingerprint density at radius 2 is 1.95 bits per heavy atom. The first-order valence-electron chi connectivity index (χ1n) is 6.86. The summed E-state index contributed by atoms with van der Waals surface area (Å²) in [7, 11) is 0. The van der Waals surface area contributed by atoms with Crippen LogP contribution in [0.5, 0.6) is 5.75 Å². The molecule has 3 heterocycles. The summed E-state index contributed by atoms with van der Waals surface area (Å²) in [5.74, 6) is 0.586. The number of nitrogens with zero attached hydrogens (tertiary/aromatic N) is 3. The molecule has 0 radical (unpaired) electrons. The molecular formula is C16H13N3O2. The number of aromatic nitrogens is 3. The van der Waals surface area contributed by atoms with Crippen molar-refractivity contribution in [2.75, 3.05) is 0 Å². The first-order chi connectivity index (χ1) is 10.3. The Hall–Kier alpha value is -2.69. The van der Waals surface area contributed by atoms with Gasteiger partial charge in [0.15, 0.2) is 11.4 Å². The Labute approximate surface area is 120 Å². The van der Waals surface area contributed by atoms with Gasteiger partial charge in [-0.25, -0.2) is 9.97 Å². The number of ether oxygens (including phenoxy) is 1. The summed E-state index contributed by atoms with van der Waals surface area (Å²) >= 11 is 0. The number of hydrogen-bond acceptors (Lipinski definition) is 4. The maximum Gasteiger partial charge on any atom is 0.263 e. The highest BCUT2D eigenvalue weighted by Crippen LogP contribution is 2.32. The molecule has 0 fully saturated rings. The summed E-state index contributed by atoms with van der Waals surface area (Å²) in [5.41, 5.74) is 2.56. The van der Waals surface area contributed by atoms with E-state index in [1.54, 1.807) is 17.0 Å². The minimum Gasteiger partial charge on any atom is -0.487 e. The van der Waals surface area contributed by atoms with E-state index in [1.165, 1.54) is 0 Å². The van der Waals surface area contributed by atoms with Gasteiger partial charge in [0.1, 0.15) is 11.6 Å². The van der Waals surface area contributed by atoms with Gasteiger partial charge in [0.2, 0.25) is 0 Å². The molecule has 0 bridgehead atoms. The maximum absolute atomic E-state index is 12.8. The molecule has 0 amide bonds. The second kappa shape index (κ2) is 4.41. The molecular weight excluding hydrogens is 266 g/mol. The zero-order chi connectivity index (χ0) is 14.4. The SMILES string of the molecule is CC1Cc2c(c3nccnc3n(-c3ccccc3)c2=O)O1. The molecule has 4 rings (SSSR count). The smallest absolute Gasteiger partial charge is 0.263 e. The van der Waals surface area contributed by atoms with Crippen molar-refractivity contribution in [2.24, 2.45) is 0 Å². The summed E-state index contributed by atoms with van der Waals surface area (Å²) in [6.45, 7) is 1.95. The number of rotatable bonds is 1. The summed E-state index contributed by atoms with van der Waals surface area (Å²) < 4.78 is 7.39. The van der Waals surface area contributed by atoms with Gasteiger partial charge in [-0.15, -0.1) is 0 Å². The van der Waals surface area contributed by atoms with E-state index in [0.29, 0.717) is 28.9 Å². The predicted molar refractivity (Wildman–Crippen MR) is 78.9 cm³/mol. The van der Waals surface area contributed by atoms with Crippen molar-refractivity contribution in [3.63, 3.8) is 0 Å². The predicted octanol–water partition coefficient (Wildman–Crippen LogP) is 2.10. The molecule has 1 aliphatic rings. The fourth-order valence-corrected chi connectivity index (χ4v) is 2.78. The minimum atomic E-state index is -0.0754. The van der Waals surface area contributed by atoms with Crippen LogP contribution in [-0.2, 0) is 6.42 Å². The lowest BCUT2D eigenvalue weighted by Gasteiger charge is -2.11. The van der Waals surface area contributed by atoms with Crippen LogP contribution in [0.25, 0.3) is 16.9 Å². The largest absolute Gasteiger partial charge is 0.487 e. The molecule has 3 aromatic rings. The van der Waals surface area contributed by atoms with Gasteiger partial charge in [0.05, 0.1) is 11.3 Å². The fourth-order valence-electron chi connectivity index (χ4n) is 2.78. The lowest BCUT2D eigenvalue weighted by molar-refractivity contribution is 0.257. The van der Waals surface area contributed by atoms with E-state index >= 15 is 0 Å². The van der Waals surface area contributed by atoms with Gasteiger partial charge >= 0.3 is 0 Å². The van der Waals surface area contributed by atoms with Gasteiger partial charge in [-0.05, 0) is 19.1 Å². The minimum absolute atomic E-state index is 0.00969. The van der Waals surface area contributed by atoms with E-state index < -0.39 is 0 Å². The number of hydrogen-bond donors (Lipinski definition) is 0. The van der Waals surface area contributed by atoms with Crippen LogP contribution >= 0.6 is 0 Å².